The van der Waals surface area contributed by atoms with Crippen LogP contribution < -0.4 is 0 Å². The van der Waals surface area contributed by atoms with E-state index in [0.29, 0.717) is 23.5 Å². The molecule has 0 saturated carbocycles. The zero-order valence-electron chi connectivity index (χ0n) is 16.6. The molecule has 0 saturated heterocycles. The first-order valence-corrected chi connectivity index (χ1v) is 11.6. The second-order valence-electron chi connectivity index (χ2n) is 6.98. The van der Waals surface area contributed by atoms with Crippen LogP contribution in [0.3, 0.4) is 0 Å². The summed E-state index contributed by atoms with van der Waals surface area (Å²) in [4.78, 5) is 15.0. The van der Waals surface area contributed by atoms with Gasteiger partial charge in [0.1, 0.15) is 6.54 Å². The van der Waals surface area contributed by atoms with Gasteiger partial charge < -0.3 is 9.47 Å². The van der Waals surface area contributed by atoms with Gasteiger partial charge in [-0.1, -0.05) is 43.6 Å². The Morgan fingerprint density at radius 1 is 1.00 bits per heavy atom. The molecule has 0 aliphatic rings. The van der Waals surface area contributed by atoms with Crippen molar-refractivity contribution in [1.82, 2.24) is 9.47 Å². The summed E-state index contributed by atoms with van der Waals surface area (Å²) in [7, 11) is -3.74. The normalized spacial score (nSPS) is 11.7. The number of aromatic nitrogens is 1. The summed E-state index contributed by atoms with van der Waals surface area (Å²) in [6.45, 7) is 5.58. The van der Waals surface area contributed by atoms with Crippen molar-refractivity contribution in [3.63, 3.8) is 0 Å². The molecule has 0 atom stereocenters. The highest BCUT2D eigenvalue weighted by Crippen LogP contribution is 2.30. The van der Waals surface area contributed by atoms with Crippen molar-refractivity contribution >= 4 is 38.2 Å². The number of carbonyl (C=O) groups excluding carboxylic acids is 1. The summed E-state index contributed by atoms with van der Waals surface area (Å²) in [6, 6.07) is 13.4. The molecule has 5 nitrogen and oxygen atoms in total. The van der Waals surface area contributed by atoms with Gasteiger partial charge in [0.2, 0.25) is 15.7 Å². The molecule has 0 aliphatic heterocycles. The first kappa shape index (κ1) is 21.4. The van der Waals surface area contributed by atoms with Gasteiger partial charge in [-0.2, -0.15) is 0 Å². The molecule has 1 amide bonds. The van der Waals surface area contributed by atoms with Gasteiger partial charge in [0.25, 0.3) is 0 Å². The highest BCUT2D eigenvalue weighted by molar-refractivity contribution is 7.91. The van der Waals surface area contributed by atoms with Crippen LogP contribution in [0.15, 0.2) is 64.5 Å². The van der Waals surface area contributed by atoms with Crippen LogP contribution in [0.5, 0.6) is 0 Å². The fourth-order valence-electron chi connectivity index (χ4n) is 3.45. The molecule has 0 unspecified atom stereocenters. The van der Waals surface area contributed by atoms with E-state index in [2.05, 4.69) is 0 Å². The number of fused-ring (bicyclic) bond motifs is 1. The number of rotatable bonds is 8. The number of nitrogens with zero attached hydrogens (tertiary/aromatic N) is 2. The SMILES string of the molecule is CCCN(CCC)C(=O)Cn1cc(S(=O)(=O)c2ccc(Cl)cc2)c2ccccc21. The van der Waals surface area contributed by atoms with Crippen LogP contribution in [0.4, 0.5) is 0 Å². The van der Waals surface area contributed by atoms with E-state index in [0.717, 1.165) is 18.4 Å². The average molecular weight is 433 g/mol. The zero-order valence-corrected chi connectivity index (χ0v) is 18.2. The van der Waals surface area contributed by atoms with Crippen molar-refractivity contribution in [2.24, 2.45) is 0 Å². The summed E-state index contributed by atoms with van der Waals surface area (Å²) in [6.07, 6.45) is 3.34. The zero-order chi connectivity index (χ0) is 21.0. The number of carbonyl (C=O) groups is 1. The molecule has 2 aromatic carbocycles. The third-order valence-corrected chi connectivity index (χ3v) is 6.86. The first-order chi connectivity index (χ1) is 13.9. The summed E-state index contributed by atoms with van der Waals surface area (Å²) in [5.41, 5.74) is 0.723. The maximum Gasteiger partial charge on any atom is 0.242 e. The number of hydrogen-bond donors (Lipinski definition) is 0. The van der Waals surface area contributed by atoms with Gasteiger partial charge in [-0.25, -0.2) is 8.42 Å². The molecule has 3 aromatic rings. The Hall–Kier alpha value is -2.31. The highest BCUT2D eigenvalue weighted by atomic mass is 35.5. The number of amides is 1. The smallest absolute Gasteiger partial charge is 0.242 e. The lowest BCUT2D eigenvalue weighted by molar-refractivity contribution is -0.131. The lowest BCUT2D eigenvalue weighted by atomic mass is 10.2. The molecule has 3 rings (SSSR count). The van der Waals surface area contributed by atoms with Crippen molar-refractivity contribution < 1.29 is 13.2 Å². The molecular formula is C22H25ClN2O3S. The van der Waals surface area contributed by atoms with E-state index in [1.165, 1.54) is 12.1 Å². The Morgan fingerprint density at radius 3 is 2.24 bits per heavy atom. The molecule has 154 valence electrons. The molecule has 29 heavy (non-hydrogen) atoms. The van der Waals surface area contributed by atoms with Gasteiger partial charge in [0.15, 0.2) is 0 Å². The number of sulfone groups is 1. The van der Waals surface area contributed by atoms with Crippen molar-refractivity contribution in [2.45, 2.75) is 43.0 Å². The van der Waals surface area contributed by atoms with Crippen LogP contribution in [0.1, 0.15) is 26.7 Å². The molecule has 0 bridgehead atoms. The molecule has 0 radical (unpaired) electrons. The van der Waals surface area contributed by atoms with Crippen LogP contribution in [-0.2, 0) is 21.2 Å². The minimum absolute atomic E-state index is 0.00936. The van der Waals surface area contributed by atoms with Gasteiger partial charge in [-0.3, -0.25) is 4.79 Å². The van der Waals surface area contributed by atoms with E-state index in [1.54, 1.807) is 35.0 Å². The second kappa shape index (κ2) is 9.01. The second-order valence-corrected chi connectivity index (χ2v) is 9.33. The van der Waals surface area contributed by atoms with Gasteiger partial charge in [-0.15, -0.1) is 0 Å². The highest BCUT2D eigenvalue weighted by Gasteiger charge is 2.24. The lowest BCUT2D eigenvalue weighted by Gasteiger charge is -2.22. The van der Waals surface area contributed by atoms with Crippen LogP contribution in [0, 0.1) is 0 Å². The van der Waals surface area contributed by atoms with E-state index in [4.69, 9.17) is 11.6 Å². The predicted octanol–water partition coefficient (Wildman–Crippen LogP) is 4.78. The number of benzene rings is 2. The van der Waals surface area contributed by atoms with Gasteiger partial charge >= 0.3 is 0 Å². The van der Waals surface area contributed by atoms with E-state index in [9.17, 15) is 13.2 Å². The Balaban J connectivity index is 2.03. The van der Waals surface area contributed by atoms with Crippen LogP contribution in [-0.4, -0.2) is 36.9 Å². The summed E-state index contributed by atoms with van der Waals surface area (Å²) >= 11 is 5.90. The predicted molar refractivity (Wildman–Crippen MR) is 116 cm³/mol. The Bertz CT molecular complexity index is 1100. The summed E-state index contributed by atoms with van der Waals surface area (Å²) in [5, 5.41) is 1.08. The maximum atomic E-state index is 13.2. The fourth-order valence-corrected chi connectivity index (χ4v) is 5.05. The molecule has 0 N–H and O–H groups in total. The van der Waals surface area contributed by atoms with Gasteiger partial charge in [0.05, 0.1) is 9.79 Å². The Labute approximate surface area is 176 Å². The molecular weight excluding hydrogens is 408 g/mol. The summed E-state index contributed by atoms with van der Waals surface area (Å²) < 4.78 is 28.2. The van der Waals surface area contributed by atoms with Gasteiger partial charge in [0, 0.05) is 35.2 Å². The monoisotopic (exact) mass is 432 g/mol. The van der Waals surface area contributed by atoms with E-state index >= 15 is 0 Å². The van der Waals surface area contributed by atoms with Gasteiger partial charge in [-0.05, 0) is 43.2 Å². The minimum atomic E-state index is -3.74. The average Bonchev–Trinajstić information content (AvgIpc) is 3.07. The number of para-hydroxylation sites is 1. The third kappa shape index (κ3) is 4.49. The number of halogens is 1. The van der Waals surface area contributed by atoms with Crippen LogP contribution in [0.2, 0.25) is 5.02 Å². The molecule has 0 aliphatic carbocycles. The maximum absolute atomic E-state index is 13.2. The Kier molecular flexibility index (Phi) is 6.65. The van der Waals surface area contributed by atoms with Crippen LogP contribution >= 0.6 is 11.6 Å². The largest absolute Gasteiger partial charge is 0.341 e. The van der Waals surface area contributed by atoms with E-state index in [-0.39, 0.29) is 22.2 Å². The molecule has 0 fully saturated rings. The lowest BCUT2D eigenvalue weighted by Crippen LogP contribution is -2.35. The topological polar surface area (TPSA) is 59.4 Å². The third-order valence-electron chi connectivity index (χ3n) is 4.81. The molecule has 1 aromatic heterocycles. The van der Waals surface area contributed by atoms with Crippen LogP contribution in [0.25, 0.3) is 10.9 Å². The molecule has 1 heterocycles. The van der Waals surface area contributed by atoms with Crippen molar-refractivity contribution in [1.29, 1.82) is 0 Å². The van der Waals surface area contributed by atoms with Crippen molar-refractivity contribution in [2.75, 3.05) is 13.1 Å². The Morgan fingerprint density at radius 2 is 1.62 bits per heavy atom. The standard InChI is InChI=1S/C22H25ClN2O3S/c1-3-13-24(14-4-2)22(26)16-25-15-21(19-7-5-6-8-20(19)25)29(27,28)18-11-9-17(23)10-12-18/h5-12,15H,3-4,13-14,16H2,1-2H3. The van der Waals surface area contributed by atoms with E-state index < -0.39 is 9.84 Å². The molecule has 7 heteroatoms. The molecule has 0 spiro atoms. The number of hydrogen-bond acceptors (Lipinski definition) is 3. The fraction of sp³-hybridized carbons (Fsp3) is 0.318. The minimum Gasteiger partial charge on any atom is -0.341 e. The first-order valence-electron chi connectivity index (χ1n) is 9.74. The van der Waals surface area contributed by atoms with Crippen molar-refractivity contribution in [3.8, 4) is 0 Å². The van der Waals surface area contributed by atoms with E-state index in [1.807, 2.05) is 30.9 Å². The van der Waals surface area contributed by atoms with Crippen molar-refractivity contribution in [3.05, 3.63) is 59.8 Å². The summed E-state index contributed by atoms with van der Waals surface area (Å²) in [5.74, 6) is -0.00936. The quantitative estimate of drug-likeness (QED) is 0.514.